The van der Waals surface area contributed by atoms with Gasteiger partial charge in [-0.2, -0.15) is 0 Å². The quantitative estimate of drug-likeness (QED) is 0.217. The lowest BCUT2D eigenvalue weighted by molar-refractivity contribution is -0.384. The van der Waals surface area contributed by atoms with Gasteiger partial charge in [-0.1, -0.05) is 54.1 Å². The van der Waals surface area contributed by atoms with Crippen LogP contribution in [-0.2, 0) is 16.1 Å². The van der Waals surface area contributed by atoms with Gasteiger partial charge < -0.3 is 14.6 Å². The van der Waals surface area contributed by atoms with Crippen LogP contribution < -0.4 is 5.32 Å². The maximum atomic E-state index is 13.2. The number of non-ortho nitro benzene ring substituents is 1. The van der Waals surface area contributed by atoms with E-state index in [1.807, 2.05) is 48.7 Å². The minimum atomic E-state index is -0.382. The zero-order valence-corrected chi connectivity index (χ0v) is 22.3. The van der Waals surface area contributed by atoms with E-state index in [-0.39, 0.29) is 28.9 Å². The van der Waals surface area contributed by atoms with Crippen molar-refractivity contribution in [3.05, 3.63) is 111 Å². The van der Waals surface area contributed by atoms with Crippen molar-refractivity contribution in [1.82, 2.24) is 14.8 Å². The first-order valence-corrected chi connectivity index (χ1v) is 13.5. The number of hydrogen-bond acceptors (Lipinski definition) is 5. The summed E-state index contributed by atoms with van der Waals surface area (Å²) in [4.78, 5) is 26.8. The van der Waals surface area contributed by atoms with Gasteiger partial charge >= 0.3 is 0 Å². The molecule has 5 rings (SSSR count). The number of nitrogens with one attached hydrogen (secondary N) is 1. The Morgan fingerprint density at radius 2 is 1.79 bits per heavy atom. The highest BCUT2D eigenvalue weighted by molar-refractivity contribution is 6.30. The fourth-order valence-corrected chi connectivity index (χ4v) is 5.28. The van der Waals surface area contributed by atoms with Crippen molar-refractivity contribution in [1.29, 1.82) is 0 Å². The number of halogens is 1. The van der Waals surface area contributed by atoms with Crippen molar-refractivity contribution in [2.24, 2.45) is 0 Å². The maximum absolute atomic E-state index is 13.2. The fourth-order valence-electron chi connectivity index (χ4n) is 5.15. The van der Waals surface area contributed by atoms with E-state index in [0.29, 0.717) is 31.3 Å². The summed E-state index contributed by atoms with van der Waals surface area (Å²) in [5, 5.41) is 16.1. The number of carbonyl (C=O) groups is 1. The second-order valence-electron chi connectivity index (χ2n) is 9.77. The number of hydrogen-bond donors (Lipinski definition) is 1. The predicted molar refractivity (Wildman–Crippen MR) is 152 cm³/mol. The number of rotatable bonds is 10. The molecular formula is C30H31ClN4O4. The van der Waals surface area contributed by atoms with Gasteiger partial charge in [0.1, 0.15) is 0 Å². The van der Waals surface area contributed by atoms with Crippen LogP contribution >= 0.6 is 11.6 Å². The molecule has 202 valence electrons. The fraction of sp³-hybridized carbons (Fsp3) is 0.300. The highest BCUT2D eigenvalue weighted by atomic mass is 35.5. The second kappa shape index (κ2) is 12.4. The highest BCUT2D eigenvalue weighted by Gasteiger charge is 2.24. The lowest BCUT2D eigenvalue weighted by Crippen LogP contribution is -2.41. The van der Waals surface area contributed by atoms with Crippen molar-refractivity contribution in [3.8, 4) is 0 Å². The van der Waals surface area contributed by atoms with Crippen molar-refractivity contribution in [2.75, 3.05) is 39.4 Å². The van der Waals surface area contributed by atoms with E-state index in [1.165, 1.54) is 6.07 Å². The minimum Gasteiger partial charge on any atom is -0.379 e. The molecule has 3 aromatic carbocycles. The first-order valence-electron chi connectivity index (χ1n) is 13.1. The molecule has 0 spiro atoms. The molecule has 0 bridgehead atoms. The normalized spacial score (nSPS) is 14.8. The summed E-state index contributed by atoms with van der Waals surface area (Å²) < 4.78 is 7.50. The number of nitro benzene ring substituents is 1. The number of aromatic nitrogens is 1. The molecule has 0 radical (unpaired) electrons. The van der Waals surface area contributed by atoms with Crippen LogP contribution in [0.4, 0.5) is 5.69 Å². The lowest BCUT2D eigenvalue weighted by Gasteiger charge is -2.26. The van der Waals surface area contributed by atoms with Gasteiger partial charge in [-0.25, -0.2) is 0 Å². The molecule has 1 amide bonds. The smallest absolute Gasteiger partial charge is 0.270 e. The molecule has 0 aliphatic carbocycles. The number of carbonyl (C=O) groups excluding carboxylic acids is 1. The zero-order chi connectivity index (χ0) is 27.2. The average Bonchev–Trinajstić information content (AvgIpc) is 3.30. The van der Waals surface area contributed by atoms with E-state index in [2.05, 4.69) is 26.9 Å². The molecule has 9 heteroatoms. The van der Waals surface area contributed by atoms with E-state index in [1.54, 1.807) is 12.1 Å². The highest BCUT2D eigenvalue weighted by Crippen LogP contribution is 2.37. The van der Waals surface area contributed by atoms with Gasteiger partial charge in [0.15, 0.2) is 0 Å². The summed E-state index contributed by atoms with van der Waals surface area (Å²) in [6.45, 7) is 5.08. The molecule has 1 saturated heterocycles. The van der Waals surface area contributed by atoms with Crippen LogP contribution in [0.1, 0.15) is 29.0 Å². The van der Waals surface area contributed by atoms with Crippen molar-refractivity contribution in [2.45, 2.75) is 18.9 Å². The Kier molecular flexibility index (Phi) is 8.56. The first kappa shape index (κ1) is 26.9. The van der Waals surface area contributed by atoms with E-state index in [9.17, 15) is 14.9 Å². The molecule has 0 unspecified atom stereocenters. The number of ether oxygens (including phenoxy) is 1. The Balaban J connectivity index is 1.48. The predicted octanol–water partition coefficient (Wildman–Crippen LogP) is 5.22. The molecule has 1 aliphatic heterocycles. The summed E-state index contributed by atoms with van der Waals surface area (Å²) in [6.07, 6.45) is 2.24. The van der Waals surface area contributed by atoms with Crippen LogP contribution in [0.15, 0.2) is 79.0 Å². The summed E-state index contributed by atoms with van der Waals surface area (Å²) in [5.41, 5.74) is 3.81. The van der Waals surface area contributed by atoms with Crippen LogP contribution in [-0.4, -0.2) is 59.7 Å². The third-order valence-electron chi connectivity index (χ3n) is 7.19. The average molecular weight is 547 g/mol. The van der Waals surface area contributed by atoms with Crippen LogP contribution in [0.5, 0.6) is 0 Å². The molecule has 1 aromatic heterocycles. The van der Waals surface area contributed by atoms with Gasteiger partial charge in [-0.05, 0) is 34.9 Å². The number of nitrogens with zero attached hydrogens (tertiary/aromatic N) is 3. The minimum absolute atomic E-state index is 0.0195. The second-order valence-corrected chi connectivity index (χ2v) is 10.2. The van der Waals surface area contributed by atoms with Crippen LogP contribution in [0, 0.1) is 10.1 Å². The third kappa shape index (κ3) is 6.65. The van der Waals surface area contributed by atoms with Crippen LogP contribution in [0.2, 0.25) is 5.02 Å². The van der Waals surface area contributed by atoms with E-state index in [0.717, 1.165) is 47.2 Å². The summed E-state index contributed by atoms with van der Waals surface area (Å²) in [7, 11) is 0. The number of nitro groups is 1. The van der Waals surface area contributed by atoms with Gasteiger partial charge in [0.05, 0.1) is 18.1 Å². The van der Waals surface area contributed by atoms with Crippen LogP contribution in [0.25, 0.3) is 10.9 Å². The standard InChI is InChI=1S/C30H31ClN4O4/c31-24-8-6-23(7-9-24)26(19-30(36)32-12-13-33-14-16-39-17-15-33)28-21-34(20-22-4-2-1-3-5-22)29-11-10-25(35(37)38)18-27(28)29/h1-11,18,21,26H,12-17,19-20H2,(H,32,36)/t26-/m1/s1. The summed E-state index contributed by atoms with van der Waals surface area (Å²) in [6, 6.07) is 22.5. The van der Waals surface area contributed by atoms with Gasteiger partial charge in [0.2, 0.25) is 5.91 Å². The lowest BCUT2D eigenvalue weighted by atomic mass is 9.88. The first-order chi connectivity index (χ1) is 19.0. The van der Waals surface area contributed by atoms with Gasteiger partial charge in [0.25, 0.3) is 5.69 Å². The van der Waals surface area contributed by atoms with E-state index < -0.39 is 0 Å². The Hall–Kier alpha value is -3.72. The monoisotopic (exact) mass is 546 g/mol. The third-order valence-corrected chi connectivity index (χ3v) is 7.45. The maximum Gasteiger partial charge on any atom is 0.270 e. The van der Waals surface area contributed by atoms with Gasteiger partial charge in [-0.3, -0.25) is 19.8 Å². The van der Waals surface area contributed by atoms with Gasteiger partial charge in [-0.15, -0.1) is 0 Å². The van der Waals surface area contributed by atoms with E-state index in [4.69, 9.17) is 16.3 Å². The molecule has 4 aromatic rings. The van der Waals surface area contributed by atoms with Crippen molar-refractivity contribution in [3.63, 3.8) is 0 Å². The molecule has 0 saturated carbocycles. The molecule has 2 heterocycles. The summed E-state index contributed by atoms with van der Waals surface area (Å²) >= 11 is 6.18. The van der Waals surface area contributed by atoms with Crippen LogP contribution in [0.3, 0.4) is 0 Å². The molecule has 1 fully saturated rings. The Bertz CT molecular complexity index is 1430. The Morgan fingerprint density at radius 1 is 1.05 bits per heavy atom. The Labute approximate surface area is 232 Å². The summed E-state index contributed by atoms with van der Waals surface area (Å²) in [5.74, 6) is -0.384. The van der Waals surface area contributed by atoms with Gasteiger partial charge in [0, 0.05) is 79.3 Å². The number of morpholine rings is 1. The number of fused-ring (bicyclic) bond motifs is 1. The molecule has 39 heavy (non-hydrogen) atoms. The molecule has 1 aliphatic rings. The van der Waals surface area contributed by atoms with E-state index >= 15 is 0 Å². The molecular weight excluding hydrogens is 516 g/mol. The number of benzene rings is 3. The largest absolute Gasteiger partial charge is 0.379 e. The van der Waals surface area contributed by atoms with Crippen molar-refractivity contribution >= 4 is 34.1 Å². The topological polar surface area (TPSA) is 89.6 Å². The molecule has 8 nitrogen and oxygen atoms in total. The Morgan fingerprint density at radius 3 is 2.51 bits per heavy atom. The SMILES string of the molecule is O=C(C[C@H](c1ccc(Cl)cc1)c1cn(Cc2ccccc2)c2ccc([N+](=O)[O-])cc12)NCCN1CCOCC1. The van der Waals surface area contributed by atoms with Crippen molar-refractivity contribution < 1.29 is 14.5 Å². The molecule has 1 N–H and O–H groups in total. The zero-order valence-electron chi connectivity index (χ0n) is 21.6. The molecule has 1 atom stereocenters. The number of amides is 1.